The van der Waals surface area contributed by atoms with Crippen LogP contribution in [0.3, 0.4) is 0 Å². The van der Waals surface area contributed by atoms with Crippen LogP contribution in [0.2, 0.25) is 0 Å². The standard InChI is InChI=1S/C39H30O4/c1-40-32-19-13-26(14-20-32)11-17-30-23-28-7-3-5-9-34(28)36-37-35-10-6-4-8-29(35)24-31(39(37)43-25-42-38(30)36)18-12-27-15-21-33(41-2)22-16-27/h3-24H,25H2,1-2H3/b17-11+,18-12+. The molecule has 0 spiro atoms. The molecule has 4 nitrogen and oxygen atoms in total. The molecule has 6 aromatic rings. The molecule has 4 heteroatoms. The van der Waals surface area contributed by atoms with Crippen molar-refractivity contribution in [3.63, 3.8) is 0 Å². The molecule has 0 amide bonds. The molecule has 0 aliphatic carbocycles. The maximum atomic E-state index is 6.46. The van der Waals surface area contributed by atoms with Gasteiger partial charge in [0.05, 0.1) is 14.2 Å². The zero-order valence-corrected chi connectivity index (χ0v) is 24.0. The van der Waals surface area contributed by atoms with Crippen molar-refractivity contribution >= 4 is 45.8 Å². The smallest absolute Gasteiger partial charge is 0.231 e. The van der Waals surface area contributed by atoms with Crippen LogP contribution < -0.4 is 18.9 Å². The van der Waals surface area contributed by atoms with E-state index in [0.29, 0.717) is 0 Å². The molecular formula is C39H30O4. The van der Waals surface area contributed by atoms with Gasteiger partial charge in [-0.15, -0.1) is 0 Å². The van der Waals surface area contributed by atoms with E-state index < -0.39 is 0 Å². The molecule has 1 heterocycles. The second kappa shape index (κ2) is 11.4. The second-order valence-electron chi connectivity index (χ2n) is 10.4. The highest BCUT2D eigenvalue weighted by atomic mass is 16.7. The highest BCUT2D eigenvalue weighted by molar-refractivity contribution is 6.12. The van der Waals surface area contributed by atoms with Gasteiger partial charge >= 0.3 is 0 Å². The molecule has 1 aliphatic heterocycles. The SMILES string of the molecule is COc1ccc(/C=C/c2cc3ccccc3c3c2OCOc2c(/C=C/c4ccc(OC)cc4)cc4ccccc4c2-3)cc1. The summed E-state index contributed by atoms with van der Waals surface area (Å²) in [6.45, 7) is 0.101. The highest BCUT2D eigenvalue weighted by Gasteiger charge is 2.25. The Morgan fingerprint density at radius 3 is 1.35 bits per heavy atom. The highest BCUT2D eigenvalue weighted by Crippen LogP contribution is 2.50. The molecule has 0 saturated heterocycles. The van der Waals surface area contributed by atoms with E-state index in [1.807, 2.05) is 48.5 Å². The Bertz CT molecular complexity index is 1850. The minimum absolute atomic E-state index is 0.101. The van der Waals surface area contributed by atoms with E-state index in [1.165, 1.54) is 0 Å². The number of benzene rings is 6. The minimum atomic E-state index is 0.101. The van der Waals surface area contributed by atoms with Gasteiger partial charge in [-0.05, 0) is 69.1 Å². The van der Waals surface area contributed by atoms with E-state index in [-0.39, 0.29) is 6.79 Å². The fraction of sp³-hybridized carbons (Fsp3) is 0.0769. The summed E-state index contributed by atoms with van der Waals surface area (Å²) in [5, 5.41) is 4.50. The van der Waals surface area contributed by atoms with E-state index in [9.17, 15) is 0 Å². The summed E-state index contributed by atoms with van der Waals surface area (Å²) >= 11 is 0. The van der Waals surface area contributed by atoms with Crippen molar-refractivity contribution < 1.29 is 18.9 Å². The number of methoxy groups -OCH3 is 2. The van der Waals surface area contributed by atoms with E-state index >= 15 is 0 Å². The van der Waals surface area contributed by atoms with Crippen molar-refractivity contribution in [3.8, 4) is 34.1 Å². The molecule has 210 valence electrons. The Morgan fingerprint density at radius 2 is 0.930 bits per heavy atom. The van der Waals surface area contributed by atoms with E-state index in [2.05, 4.69) is 85.0 Å². The van der Waals surface area contributed by atoms with E-state index in [0.717, 1.165) is 77.9 Å². The number of hydrogen-bond donors (Lipinski definition) is 0. The van der Waals surface area contributed by atoms with Crippen LogP contribution in [0, 0.1) is 0 Å². The summed E-state index contributed by atoms with van der Waals surface area (Å²) in [5.41, 5.74) is 6.20. The van der Waals surface area contributed by atoms with Crippen LogP contribution >= 0.6 is 0 Å². The van der Waals surface area contributed by atoms with Crippen LogP contribution in [0.1, 0.15) is 22.3 Å². The molecule has 0 aromatic heterocycles. The van der Waals surface area contributed by atoms with Gasteiger partial charge in [-0.25, -0.2) is 0 Å². The van der Waals surface area contributed by atoms with Crippen LogP contribution in [0.5, 0.6) is 23.0 Å². The fourth-order valence-corrected chi connectivity index (χ4v) is 5.70. The minimum Gasteiger partial charge on any atom is -0.497 e. The van der Waals surface area contributed by atoms with E-state index in [1.54, 1.807) is 14.2 Å². The largest absolute Gasteiger partial charge is 0.497 e. The lowest BCUT2D eigenvalue weighted by Gasteiger charge is -2.17. The zero-order valence-electron chi connectivity index (χ0n) is 24.0. The average Bonchev–Trinajstić information content (AvgIpc) is 3.28. The van der Waals surface area contributed by atoms with Gasteiger partial charge in [-0.1, -0.05) is 97.1 Å². The Labute approximate surface area is 251 Å². The summed E-state index contributed by atoms with van der Waals surface area (Å²) in [4.78, 5) is 0. The molecule has 1 aliphatic rings. The van der Waals surface area contributed by atoms with Crippen molar-refractivity contribution in [2.24, 2.45) is 0 Å². The average molecular weight is 563 g/mol. The number of hydrogen-bond acceptors (Lipinski definition) is 4. The zero-order chi connectivity index (χ0) is 29.2. The molecule has 0 bridgehead atoms. The third-order valence-corrected chi connectivity index (χ3v) is 7.86. The summed E-state index contributed by atoms with van der Waals surface area (Å²) < 4.78 is 23.6. The van der Waals surface area contributed by atoms with Crippen molar-refractivity contribution in [1.82, 2.24) is 0 Å². The third-order valence-electron chi connectivity index (χ3n) is 7.86. The lowest BCUT2D eigenvalue weighted by molar-refractivity contribution is 0.124. The first-order chi connectivity index (χ1) is 21.2. The quantitative estimate of drug-likeness (QED) is 0.189. The number of ether oxygens (including phenoxy) is 4. The Hall–Kier alpha value is -5.48. The summed E-state index contributed by atoms with van der Waals surface area (Å²) in [6, 6.07) is 37.4. The Balaban J connectivity index is 1.44. The Kier molecular flexibility index (Phi) is 7.02. The van der Waals surface area contributed by atoms with Gasteiger partial charge < -0.3 is 18.9 Å². The van der Waals surface area contributed by atoms with Gasteiger partial charge in [0.15, 0.2) is 0 Å². The lowest BCUT2D eigenvalue weighted by atomic mass is 9.88. The molecule has 0 unspecified atom stereocenters. The van der Waals surface area contributed by atoms with Crippen molar-refractivity contribution in [2.75, 3.05) is 21.0 Å². The predicted octanol–water partition coefficient (Wildman–Crippen LogP) is 9.75. The van der Waals surface area contributed by atoms with E-state index in [4.69, 9.17) is 18.9 Å². The van der Waals surface area contributed by atoms with Crippen molar-refractivity contribution in [2.45, 2.75) is 0 Å². The molecule has 0 radical (unpaired) electrons. The predicted molar refractivity (Wildman–Crippen MR) is 177 cm³/mol. The van der Waals surface area contributed by atoms with Crippen LogP contribution in [-0.2, 0) is 0 Å². The number of fused-ring (bicyclic) bond motifs is 7. The van der Waals surface area contributed by atoms with Crippen molar-refractivity contribution in [3.05, 3.63) is 131 Å². The van der Waals surface area contributed by atoms with Crippen LogP contribution in [-0.4, -0.2) is 21.0 Å². The molecule has 43 heavy (non-hydrogen) atoms. The molecular weight excluding hydrogens is 532 g/mol. The first kappa shape index (κ1) is 26.4. The van der Waals surface area contributed by atoms with Gasteiger partial charge in [0.25, 0.3) is 0 Å². The Morgan fingerprint density at radius 1 is 0.512 bits per heavy atom. The summed E-state index contributed by atoms with van der Waals surface area (Å²) in [7, 11) is 3.35. The monoisotopic (exact) mass is 562 g/mol. The van der Waals surface area contributed by atoms with Gasteiger partial charge in [0.1, 0.15) is 23.0 Å². The summed E-state index contributed by atoms with van der Waals surface area (Å²) in [5.74, 6) is 3.28. The molecule has 0 atom stereocenters. The fourth-order valence-electron chi connectivity index (χ4n) is 5.70. The van der Waals surface area contributed by atoms with Crippen LogP contribution in [0.4, 0.5) is 0 Å². The first-order valence-electron chi connectivity index (χ1n) is 14.2. The first-order valence-corrected chi connectivity index (χ1v) is 14.2. The lowest BCUT2D eigenvalue weighted by Crippen LogP contribution is -2.05. The maximum Gasteiger partial charge on any atom is 0.231 e. The number of rotatable bonds is 6. The third kappa shape index (κ3) is 5.08. The van der Waals surface area contributed by atoms with Gasteiger partial charge in [-0.3, -0.25) is 0 Å². The molecule has 7 rings (SSSR count). The molecule has 6 aromatic carbocycles. The molecule has 0 N–H and O–H groups in total. The molecule has 0 fully saturated rings. The van der Waals surface area contributed by atoms with Crippen LogP contribution in [0.25, 0.3) is 57.0 Å². The topological polar surface area (TPSA) is 36.9 Å². The summed E-state index contributed by atoms with van der Waals surface area (Å²) in [6.07, 6.45) is 8.44. The second-order valence-corrected chi connectivity index (χ2v) is 10.4. The maximum absolute atomic E-state index is 6.46. The van der Waals surface area contributed by atoms with Gasteiger partial charge in [0, 0.05) is 22.3 Å². The van der Waals surface area contributed by atoms with Gasteiger partial charge in [0.2, 0.25) is 6.79 Å². The van der Waals surface area contributed by atoms with Crippen LogP contribution in [0.15, 0.2) is 109 Å². The normalized spacial score (nSPS) is 12.5. The van der Waals surface area contributed by atoms with Crippen molar-refractivity contribution in [1.29, 1.82) is 0 Å². The van der Waals surface area contributed by atoms with Gasteiger partial charge in [-0.2, -0.15) is 0 Å². The molecule has 0 saturated carbocycles.